The van der Waals surface area contributed by atoms with Crippen LogP contribution in [0.4, 0.5) is 0 Å². The fourth-order valence-electron chi connectivity index (χ4n) is 2.58. The Balaban J connectivity index is 1.93. The average Bonchev–Trinajstić information content (AvgIpc) is 2.83. The van der Waals surface area contributed by atoms with Crippen molar-refractivity contribution in [1.82, 2.24) is 5.32 Å². The molecule has 1 saturated carbocycles. The molecule has 0 spiro atoms. The number of benzene rings is 1. The second-order valence-electron chi connectivity index (χ2n) is 5.30. The molecule has 3 N–H and O–H groups in total. The van der Waals surface area contributed by atoms with E-state index < -0.39 is 0 Å². The molecular weight excluding hydrogens is 256 g/mol. The average molecular weight is 278 g/mol. The fraction of sp³-hybridized carbons (Fsp3) is 0.533. The van der Waals surface area contributed by atoms with Crippen LogP contribution in [-0.4, -0.2) is 18.2 Å². The van der Waals surface area contributed by atoms with Crippen LogP contribution in [0.3, 0.4) is 0 Å². The number of amides is 1. The largest absolute Gasteiger partial charge is 0.352 e. The molecule has 104 valence electrons. The summed E-state index contributed by atoms with van der Waals surface area (Å²) in [6, 6.07) is 6.56. The summed E-state index contributed by atoms with van der Waals surface area (Å²) in [4.78, 5) is 13.3. The third kappa shape index (κ3) is 3.74. The quantitative estimate of drug-likeness (QED) is 0.832. The Kier molecular flexibility index (Phi) is 4.88. The first-order valence-electron chi connectivity index (χ1n) is 6.77. The molecule has 1 amide bonds. The number of carbonyl (C=O) groups is 1. The van der Waals surface area contributed by atoms with E-state index in [1.54, 1.807) is 11.8 Å². The minimum atomic E-state index is 0.109. The third-order valence-corrected chi connectivity index (χ3v) is 4.56. The standard InChI is InChI=1S/C15H22N2OS/c1-10-3-4-12(14(7-10)19-2)9-17-15(18)11-5-6-13(16)8-11/h3-4,7,11,13H,5-6,8-9,16H2,1-2H3,(H,17,18). The van der Waals surface area contributed by atoms with Gasteiger partial charge in [0.25, 0.3) is 0 Å². The lowest BCUT2D eigenvalue weighted by atomic mass is 10.1. The monoisotopic (exact) mass is 278 g/mol. The van der Waals surface area contributed by atoms with E-state index >= 15 is 0 Å². The first-order chi connectivity index (χ1) is 9.10. The SMILES string of the molecule is CSc1cc(C)ccc1CNC(=O)C1CCC(N)C1. The molecule has 1 aliphatic rings. The van der Waals surface area contributed by atoms with Crippen molar-refractivity contribution in [3.05, 3.63) is 29.3 Å². The van der Waals surface area contributed by atoms with Crippen molar-refractivity contribution in [2.45, 2.75) is 43.7 Å². The molecule has 4 heteroatoms. The summed E-state index contributed by atoms with van der Waals surface area (Å²) in [7, 11) is 0. The van der Waals surface area contributed by atoms with E-state index in [0.29, 0.717) is 6.54 Å². The second-order valence-corrected chi connectivity index (χ2v) is 6.15. The van der Waals surface area contributed by atoms with E-state index in [-0.39, 0.29) is 17.9 Å². The zero-order chi connectivity index (χ0) is 13.8. The third-order valence-electron chi connectivity index (χ3n) is 3.74. The Morgan fingerprint density at radius 2 is 2.26 bits per heavy atom. The molecule has 0 heterocycles. The molecule has 19 heavy (non-hydrogen) atoms. The van der Waals surface area contributed by atoms with Gasteiger partial charge in [-0.3, -0.25) is 4.79 Å². The summed E-state index contributed by atoms with van der Waals surface area (Å²) in [6.45, 7) is 2.70. The molecule has 2 rings (SSSR count). The van der Waals surface area contributed by atoms with Gasteiger partial charge in [-0.15, -0.1) is 11.8 Å². The number of aryl methyl sites for hydroxylation is 1. The number of thioether (sulfide) groups is 1. The molecule has 0 saturated heterocycles. The van der Waals surface area contributed by atoms with E-state index in [1.807, 2.05) is 0 Å². The van der Waals surface area contributed by atoms with Crippen LogP contribution < -0.4 is 11.1 Å². The summed E-state index contributed by atoms with van der Waals surface area (Å²) < 4.78 is 0. The lowest BCUT2D eigenvalue weighted by Crippen LogP contribution is -2.30. The number of rotatable bonds is 4. The van der Waals surface area contributed by atoms with Gasteiger partial charge in [0.15, 0.2) is 0 Å². The molecule has 2 unspecified atom stereocenters. The fourth-order valence-corrected chi connectivity index (χ4v) is 3.29. The zero-order valence-corrected chi connectivity index (χ0v) is 12.4. The smallest absolute Gasteiger partial charge is 0.223 e. The van der Waals surface area contributed by atoms with Crippen LogP contribution in [0.1, 0.15) is 30.4 Å². The molecule has 1 aromatic rings. The minimum absolute atomic E-state index is 0.109. The van der Waals surface area contributed by atoms with E-state index in [1.165, 1.54) is 16.0 Å². The maximum atomic E-state index is 12.1. The van der Waals surface area contributed by atoms with Gasteiger partial charge in [0.2, 0.25) is 5.91 Å². The number of nitrogens with one attached hydrogen (secondary N) is 1. The maximum Gasteiger partial charge on any atom is 0.223 e. The van der Waals surface area contributed by atoms with Crippen LogP contribution in [0.5, 0.6) is 0 Å². The number of carbonyl (C=O) groups excluding carboxylic acids is 1. The molecule has 0 bridgehead atoms. The van der Waals surface area contributed by atoms with E-state index in [4.69, 9.17) is 5.73 Å². The summed E-state index contributed by atoms with van der Waals surface area (Å²) in [5.41, 5.74) is 8.29. The van der Waals surface area contributed by atoms with Crippen LogP contribution >= 0.6 is 11.8 Å². The summed E-state index contributed by atoms with van der Waals surface area (Å²) in [6.07, 6.45) is 4.79. The van der Waals surface area contributed by atoms with E-state index in [0.717, 1.165) is 19.3 Å². The van der Waals surface area contributed by atoms with E-state index in [9.17, 15) is 4.79 Å². The van der Waals surface area contributed by atoms with Crippen molar-refractivity contribution in [3.8, 4) is 0 Å². The number of nitrogens with two attached hydrogens (primary N) is 1. The van der Waals surface area contributed by atoms with Gasteiger partial charge in [0.1, 0.15) is 0 Å². The van der Waals surface area contributed by atoms with Crippen LogP contribution in [0, 0.1) is 12.8 Å². The Hall–Kier alpha value is -1.00. The topological polar surface area (TPSA) is 55.1 Å². The van der Waals surface area contributed by atoms with Gasteiger partial charge in [-0.25, -0.2) is 0 Å². The van der Waals surface area contributed by atoms with Crippen LogP contribution in [0.15, 0.2) is 23.1 Å². The van der Waals surface area contributed by atoms with Gasteiger partial charge in [-0.05, 0) is 49.6 Å². The maximum absolute atomic E-state index is 12.1. The lowest BCUT2D eigenvalue weighted by Gasteiger charge is -2.13. The van der Waals surface area contributed by atoms with Crippen molar-refractivity contribution in [2.75, 3.05) is 6.26 Å². The van der Waals surface area contributed by atoms with E-state index in [2.05, 4.69) is 36.7 Å². The Morgan fingerprint density at radius 1 is 1.47 bits per heavy atom. The zero-order valence-electron chi connectivity index (χ0n) is 11.6. The molecule has 0 radical (unpaired) electrons. The predicted molar refractivity (Wildman–Crippen MR) is 80.1 cm³/mol. The molecule has 1 fully saturated rings. The van der Waals surface area contributed by atoms with Crippen molar-refractivity contribution in [3.63, 3.8) is 0 Å². The molecule has 1 aliphatic carbocycles. The Morgan fingerprint density at radius 3 is 2.89 bits per heavy atom. The lowest BCUT2D eigenvalue weighted by molar-refractivity contribution is -0.125. The number of hydrogen-bond donors (Lipinski definition) is 2. The van der Waals surface area contributed by atoms with Gasteiger partial charge in [-0.1, -0.05) is 12.1 Å². The summed E-state index contributed by atoms with van der Waals surface area (Å²) in [5.74, 6) is 0.263. The van der Waals surface area contributed by atoms with Crippen molar-refractivity contribution < 1.29 is 4.79 Å². The molecule has 0 aromatic heterocycles. The van der Waals surface area contributed by atoms with Gasteiger partial charge < -0.3 is 11.1 Å². The predicted octanol–water partition coefficient (Wildman–Crippen LogP) is 2.46. The normalized spacial score (nSPS) is 22.5. The molecule has 0 aliphatic heterocycles. The number of hydrogen-bond acceptors (Lipinski definition) is 3. The first-order valence-corrected chi connectivity index (χ1v) is 7.99. The van der Waals surface area contributed by atoms with Crippen molar-refractivity contribution in [2.24, 2.45) is 11.7 Å². The molecule has 2 atom stereocenters. The minimum Gasteiger partial charge on any atom is -0.352 e. The first kappa shape index (κ1) is 14.4. The van der Waals surface area contributed by atoms with Crippen LogP contribution in [0.25, 0.3) is 0 Å². The highest BCUT2D eigenvalue weighted by Crippen LogP contribution is 2.25. The highest BCUT2D eigenvalue weighted by Gasteiger charge is 2.27. The van der Waals surface area contributed by atoms with Crippen LogP contribution in [0.2, 0.25) is 0 Å². The van der Waals surface area contributed by atoms with Crippen molar-refractivity contribution >= 4 is 17.7 Å². The molecular formula is C15H22N2OS. The summed E-state index contributed by atoms with van der Waals surface area (Å²) in [5, 5.41) is 3.05. The Bertz CT molecular complexity index is 461. The highest BCUT2D eigenvalue weighted by atomic mass is 32.2. The van der Waals surface area contributed by atoms with Crippen LogP contribution in [-0.2, 0) is 11.3 Å². The van der Waals surface area contributed by atoms with Gasteiger partial charge in [0, 0.05) is 23.4 Å². The summed E-state index contributed by atoms with van der Waals surface area (Å²) >= 11 is 1.72. The second kappa shape index (κ2) is 6.44. The molecule has 3 nitrogen and oxygen atoms in total. The highest BCUT2D eigenvalue weighted by molar-refractivity contribution is 7.98. The van der Waals surface area contributed by atoms with Crippen molar-refractivity contribution in [1.29, 1.82) is 0 Å². The van der Waals surface area contributed by atoms with Gasteiger partial charge in [0.05, 0.1) is 0 Å². The molecule has 1 aromatic carbocycles. The Labute approximate surface area is 119 Å². The van der Waals surface area contributed by atoms with Gasteiger partial charge in [-0.2, -0.15) is 0 Å². The van der Waals surface area contributed by atoms with Gasteiger partial charge >= 0.3 is 0 Å².